The standard InChI is InChI=1S/C12H12O3S/c1-8(13)6-10-4-3-5-12-11(10)7-9(2)16(12,14)15/h3-5,7H,6H2,1-2H3. The van der Waals surface area contributed by atoms with Gasteiger partial charge in [0.05, 0.1) is 4.90 Å². The number of carbonyl (C=O) groups excluding carboxylic acids is 1. The first kappa shape index (κ1) is 11.1. The molecule has 0 spiro atoms. The molecule has 0 amide bonds. The van der Waals surface area contributed by atoms with Crippen molar-refractivity contribution in [1.82, 2.24) is 0 Å². The second-order valence-electron chi connectivity index (χ2n) is 3.97. The van der Waals surface area contributed by atoms with Gasteiger partial charge in [0, 0.05) is 11.3 Å². The first-order chi connectivity index (χ1) is 7.43. The van der Waals surface area contributed by atoms with Gasteiger partial charge in [-0.2, -0.15) is 0 Å². The number of hydrogen-bond acceptors (Lipinski definition) is 3. The molecule has 0 aromatic heterocycles. The predicted molar refractivity (Wildman–Crippen MR) is 61.7 cm³/mol. The summed E-state index contributed by atoms with van der Waals surface area (Å²) in [5, 5.41) is 0. The van der Waals surface area contributed by atoms with Gasteiger partial charge in [0.1, 0.15) is 5.78 Å². The Morgan fingerprint density at radius 2 is 2.00 bits per heavy atom. The fraction of sp³-hybridized carbons (Fsp3) is 0.250. The Morgan fingerprint density at radius 1 is 1.31 bits per heavy atom. The Bertz CT molecular complexity index is 595. The molecule has 16 heavy (non-hydrogen) atoms. The van der Waals surface area contributed by atoms with Crippen LogP contribution < -0.4 is 0 Å². The molecule has 0 atom stereocenters. The lowest BCUT2D eigenvalue weighted by Crippen LogP contribution is -2.02. The molecule has 0 radical (unpaired) electrons. The van der Waals surface area contributed by atoms with Gasteiger partial charge < -0.3 is 0 Å². The quantitative estimate of drug-likeness (QED) is 0.788. The van der Waals surface area contributed by atoms with Gasteiger partial charge in [0.2, 0.25) is 9.84 Å². The Labute approximate surface area is 94.7 Å². The van der Waals surface area contributed by atoms with E-state index in [1.54, 1.807) is 31.2 Å². The maximum Gasteiger partial charge on any atom is 0.203 e. The first-order valence-electron chi connectivity index (χ1n) is 4.97. The summed E-state index contributed by atoms with van der Waals surface area (Å²) in [7, 11) is -3.29. The molecule has 4 heteroatoms. The molecule has 0 N–H and O–H groups in total. The van der Waals surface area contributed by atoms with Crippen LogP contribution in [0.15, 0.2) is 28.0 Å². The summed E-state index contributed by atoms with van der Waals surface area (Å²) in [6.45, 7) is 3.08. The average molecular weight is 236 g/mol. The van der Waals surface area contributed by atoms with E-state index in [2.05, 4.69) is 0 Å². The second kappa shape index (κ2) is 3.56. The summed E-state index contributed by atoms with van der Waals surface area (Å²) in [5.41, 5.74) is 1.46. The number of rotatable bonds is 2. The van der Waals surface area contributed by atoms with Crippen molar-refractivity contribution >= 4 is 21.7 Å². The monoisotopic (exact) mass is 236 g/mol. The number of allylic oxidation sites excluding steroid dienone is 1. The number of Topliss-reactive ketones (excluding diaryl/α,β-unsaturated/α-hetero) is 1. The van der Waals surface area contributed by atoms with Crippen LogP contribution in [0.2, 0.25) is 0 Å². The molecule has 1 aliphatic rings. The fourth-order valence-electron chi connectivity index (χ4n) is 1.86. The van der Waals surface area contributed by atoms with Gasteiger partial charge in [-0.3, -0.25) is 4.79 Å². The van der Waals surface area contributed by atoms with Crippen molar-refractivity contribution in [3.8, 4) is 0 Å². The van der Waals surface area contributed by atoms with E-state index >= 15 is 0 Å². The average Bonchev–Trinajstić information content (AvgIpc) is 2.40. The lowest BCUT2D eigenvalue weighted by molar-refractivity contribution is -0.116. The minimum atomic E-state index is -3.29. The highest BCUT2D eigenvalue weighted by atomic mass is 32.2. The summed E-state index contributed by atoms with van der Waals surface area (Å²) in [4.78, 5) is 11.8. The molecule has 84 valence electrons. The predicted octanol–water partition coefficient (Wildman–Crippen LogP) is 1.97. The lowest BCUT2D eigenvalue weighted by Gasteiger charge is -2.04. The molecule has 1 aromatic carbocycles. The molecule has 1 aliphatic heterocycles. The highest BCUT2D eigenvalue weighted by Crippen LogP contribution is 2.34. The van der Waals surface area contributed by atoms with Crippen molar-refractivity contribution in [3.05, 3.63) is 34.2 Å². The topological polar surface area (TPSA) is 51.2 Å². The highest BCUT2D eigenvalue weighted by Gasteiger charge is 2.27. The van der Waals surface area contributed by atoms with E-state index in [0.717, 1.165) is 5.56 Å². The molecule has 1 aromatic rings. The van der Waals surface area contributed by atoms with Crippen molar-refractivity contribution in [2.24, 2.45) is 0 Å². The molecule has 2 rings (SSSR count). The third kappa shape index (κ3) is 1.59. The number of fused-ring (bicyclic) bond motifs is 1. The van der Waals surface area contributed by atoms with Crippen LogP contribution in [0.25, 0.3) is 6.08 Å². The fourth-order valence-corrected chi connectivity index (χ4v) is 3.22. The van der Waals surface area contributed by atoms with Crippen LogP contribution in [-0.2, 0) is 21.1 Å². The Kier molecular flexibility index (Phi) is 2.46. The molecular formula is C12H12O3S. The van der Waals surface area contributed by atoms with E-state index in [9.17, 15) is 13.2 Å². The van der Waals surface area contributed by atoms with Crippen LogP contribution in [0.3, 0.4) is 0 Å². The zero-order chi connectivity index (χ0) is 11.9. The Hall–Kier alpha value is -1.42. The zero-order valence-corrected chi connectivity index (χ0v) is 9.97. The van der Waals surface area contributed by atoms with Gasteiger partial charge in [-0.15, -0.1) is 0 Å². The van der Waals surface area contributed by atoms with Gasteiger partial charge in [0.25, 0.3) is 0 Å². The van der Waals surface area contributed by atoms with E-state index < -0.39 is 9.84 Å². The highest BCUT2D eigenvalue weighted by molar-refractivity contribution is 7.95. The molecule has 0 unspecified atom stereocenters. The molecule has 0 fully saturated rings. The number of hydrogen-bond donors (Lipinski definition) is 0. The van der Waals surface area contributed by atoms with Gasteiger partial charge >= 0.3 is 0 Å². The Balaban J connectivity index is 2.65. The van der Waals surface area contributed by atoms with E-state index in [-0.39, 0.29) is 12.2 Å². The van der Waals surface area contributed by atoms with Crippen molar-refractivity contribution in [2.75, 3.05) is 0 Å². The molecule has 0 saturated heterocycles. The molecule has 3 nitrogen and oxygen atoms in total. The van der Waals surface area contributed by atoms with Crippen molar-refractivity contribution in [1.29, 1.82) is 0 Å². The van der Waals surface area contributed by atoms with E-state index in [1.807, 2.05) is 0 Å². The van der Waals surface area contributed by atoms with E-state index in [4.69, 9.17) is 0 Å². The first-order valence-corrected chi connectivity index (χ1v) is 6.46. The third-order valence-electron chi connectivity index (χ3n) is 2.66. The normalized spacial score (nSPS) is 16.8. The summed E-state index contributed by atoms with van der Waals surface area (Å²) in [6, 6.07) is 5.06. The van der Waals surface area contributed by atoms with Gasteiger partial charge in [-0.1, -0.05) is 12.1 Å². The minimum Gasteiger partial charge on any atom is -0.300 e. The summed E-state index contributed by atoms with van der Waals surface area (Å²) in [6.07, 6.45) is 1.92. The molecular weight excluding hydrogens is 224 g/mol. The number of carbonyl (C=O) groups is 1. The van der Waals surface area contributed by atoms with Gasteiger partial charge in [-0.05, 0) is 37.1 Å². The van der Waals surface area contributed by atoms with Crippen LogP contribution >= 0.6 is 0 Å². The summed E-state index contributed by atoms with van der Waals surface area (Å²) >= 11 is 0. The Morgan fingerprint density at radius 3 is 2.62 bits per heavy atom. The minimum absolute atomic E-state index is 0.0313. The van der Waals surface area contributed by atoms with E-state index in [1.165, 1.54) is 6.92 Å². The van der Waals surface area contributed by atoms with Crippen LogP contribution in [0, 0.1) is 0 Å². The van der Waals surface area contributed by atoms with Crippen LogP contribution in [0.1, 0.15) is 25.0 Å². The number of sulfone groups is 1. The third-order valence-corrected chi connectivity index (χ3v) is 4.56. The van der Waals surface area contributed by atoms with Gasteiger partial charge in [0.15, 0.2) is 0 Å². The second-order valence-corrected chi connectivity index (χ2v) is 6.06. The molecule has 0 saturated carbocycles. The van der Waals surface area contributed by atoms with Crippen molar-refractivity contribution < 1.29 is 13.2 Å². The number of ketones is 1. The van der Waals surface area contributed by atoms with Crippen molar-refractivity contribution in [3.63, 3.8) is 0 Å². The largest absolute Gasteiger partial charge is 0.300 e. The maximum absolute atomic E-state index is 11.9. The van der Waals surface area contributed by atoms with Crippen LogP contribution in [0.4, 0.5) is 0 Å². The SMILES string of the molecule is CC(=O)Cc1cccc2c1C=C(C)S2(=O)=O. The van der Waals surface area contributed by atoms with Crippen LogP contribution in [-0.4, -0.2) is 14.2 Å². The maximum atomic E-state index is 11.9. The number of benzene rings is 1. The molecule has 0 bridgehead atoms. The summed E-state index contributed by atoms with van der Waals surface area (Å²) in [5.74, 6) is 0.0313. The smallest absolute Gasteiger partial charge is 0.203 e. The van der Waals surface area contributed by atoms with Gasteiger partial charge in [-0.25, -0.2) is 8.42 Å². The summed E-state index contributed by atoms with van der Waals surface area (Å²) < 4.78 is 23.7. The molecule has 1 heterocycles. The van der Waals surface area contributed by atoms with E-state index in [0.29, 0.717) is 15.4 Å². The lowest BCUT2D eigenvalue weighted by atomic mass is 10.0. The van der Waals surface area contributed by atoms with Crippen LogP contribution in [0.5, 0.6) is 0 Å². The molecule has 0 aliphatic carbocycles. The van der Waals surface area contributed by atoms with Crippen molar-refractivity contribution in [2.45, 2.75) is 25.2 Å². The zero-order valence-electron chi connectivity index (χ0n) is 9.15.